The van der Waals surface area contributed by atoms with Crippen molar-refractivity contribution in [3.8, 4) is 22.3 Å². The molecule has 0 saturated heterocycles. The minimum Gasteiger partial charge on any atom is -0.310 e. The van der Waals surface area contributed by atoms with Crippen molar-refractivity contribution in [3.05, 3.63) is 360 Å². The summed E-state index contributed by atoms with van der Waals surface area (Å²) >= 11 is 0. The van der Waals surface area contributed by atoms with Crippen LogP contribution in [0.5, 0.6) is 0 Å². The highest BCUT2D eigenvalue weighted by molar-refractivity contribution is 6.28. The molecular weight excluding hydrogens is 965 g/mol. The van der Waals surface area contributed by atoms with Gasteiger partial charge in [-0.2, -0.15) is 0 Å². The van der Waals surface area contributed by atoms with Crippen molar-refractivity contribution in [2.24, 2.45) is 0 Å². The van der Waals surface area contributed by atoms with E-state index in [-0.39, 0.29) is 0 Å². The summed E-state index contributed by atoms with van der Waals surface area (Å²) in [6.07, 6.45) is 0. The van der Waals surface area contributed by atoms with E-state index in [1.165, 1.54) is 99.1 Å². The Balaban J connectivity index is 0.979. The van der Waals surface area contributed by atoms with Gasteiger partial charge in [0.05, 0.1) is 22.2 Å². The van der Waals surface area contributed by atoms with Gasteiger partial charge in [0.25, 0.3) is 0 Å². The molecule has 0 aliphatic heterocycles. The van der Waals surface area contributed by atoms with Crippen molar-refractivity contribution in [3.63, 3.8) is 0 Å². The van der Waals surface area contributed by atoms with E-state index in [1.54, 1.807) is 0 Å². The zero-order valence-corrected chi connectivity index (χ0v) is 43.9. The van der Waals surface area contributed by atoms with Crippen LogP contribution < -0.4 is 9.80 Å². The van der Waals surface area contributed by atoms with Crippen molar-refractivity contribution in [2.45, 2.75) is 10.8 Å². The van der Waals surface area contributed by atoms with Gasteiger partial charge in [-0.25, -0.2) is 0 Å². The fourth-order valence-corrected chi connectivity index (χ4v) is 14.3. The highest BCUT2D eigenvalue weighted by atomic mass is 15.1. The summed E-state index contributed by atoms with van der Waals surface area (Å²) in [6, 6.07) is 118. The first-order valence-corrected chi connectivity index (χ1v) is 27.8. The Bertz CT molecular complexity index is 4350. The van der Waals surface area contributed by atoms with E-state index in [1.807, 2.05) is 0 Å². The Morgan fingerprint density at radius 2 is 0.500 bits per heavy atom. The van der Waals surface area contributed by atoms with Crippen LogP contribution in [-0.2, 0) is 10.8 Å². The van der Waals surface area contributed by atoms with Gasteiger partial charge in [-0.05, 0) is 149 Å². The molecule has 0 heterocycles. The number of benzene rings is 14. The van der Waals surface area contributed by atoms with E-state index in [0.29, 0.717) is 0 Å². The normalized spacial score (nSPS) is 13.4. The minimum atomic E-state index is -0.588. The third-order valence-corrected chi connectivity index (χ3v) is 17.5. The number of rotatable bonds is 10. The fourth-order valence-electron chi connectivity index (χ4n) is 14.3. The summed E-state index contributed by atoms with van der Waals surface area (Å²) in [5.41, 5.74) is 20.6. The van der Waals surface area contributed by atoms with Crippen LogP contribution in [0, 0.1) is 0 Å². The maximum absolute atomic E-state index is 2.55. The van der Waals surface area contributed by atoms with Gasteiger partial charge in [0, 0.05) is 33.5 Å². The number of hydrogen-bond donors (Lipinski definition) is 0. The Morgan fingerprint density at radius 3 is 0.875 bits per heavy atom. The van der Waals surface area contributed by atoms with Crippen LogP contribution >= 0.6 is 0 Å². The van der Waals surface area contributed by atoms with E-state index < -0.39 is 10.8 Å². The second kappa shape index (κ2) is 18.2. The molecule has 0 bridgehead atoms. The molecule has 0 saturated carbocycles. The quantitative estimate of drug-likeness (QED) is 0.126. The molecular formula is C78H52N2. The van der Waals surface area contributed by atoms with Gasteiger partial charge in [-0.15, -0.1) is 0 Å². The molecule has 0 atom stereocenters. The second-order valence-corrected chi connectivity index (χ2v) is 21.4. The summed E-state index contributed by atoms with van der Waals surface area (Å²) in [4.78, 5) is 4.96. The third kappa shape index (κ3) is 6.60. The van der Waals surface area contributed by atoms with E-state index in [2.05, 4.69) is 325 Å². The Morgan fingerprint density at radius 1 is 0.212 bits per heavy atom. The minimum absolute atomic E-state index is 0.588. The first-order chi connectivity index (χ1) is 39.7. The van der Waals surface area contributed by atoms with E-state index in [0.717, 1.165) is 34.1 Å². The van der Waals surface area contributed by atoms with Gasteiger partial charge in [-0.3, -0.25) is 0 Å². The standard InChI is InChI=1S/C78H52N2/c1-5-23-55(24-6-1)77(69-39-17-13-35-63(69)64-36-14-18-40-70(64)77)57-27-21-33-61(51-57)80(62-34-22-28-58(52-62)78(56-25-7-2-8-26-56)71-41-19-15-37-65(71)66-38-16-20-42-72(66)78)74-50-46-54-43-47-67-73(49-45-53-44-48-68(74)76(54)75(53)67)79(59-29-9-3-10-30-59)60-31-11-4-12-32-60/h1-52H. The molecule has 2 aliphatic carbocycles. The first kappa shape index (κ1) is 45.9. The zero-order chi connectivity index (χ0) is 52.8. The van der Waals surface area contributed by atoms with Crippen LogP contribution in [0.1, 0.15) is 44.5 Å². The summed E-state index contributed by atoms with van der Waals surface area (Å²) < 4.78 is 0. The molecule has 0 fully saturated rings. The summed E-state index contributed by atoms with van der Waals surface area (Å²) in [7, 11) is 0. The van der Waals surface area contributed by atoms with Crippen LogP contribution in [-0.4, -0.2) is 0 Å². The molecule has 0 spiro atoms. The Kier molecular flexibility index (Phi) is 10.4. The molecule has 2 nitrogen and oxygen atoms in total. The van der Waals surface area contributed by atoms with Crippen LogP contribution in [0.15, 0.2) is 315 Å². The lowest BCUT2D eigenvalue weighted by Gasteiger charge is -2.36. The smallest absolute Gasteiger partial charge is 0.0714 e. The van der Waals surface area contributed by atoms with E-state index in [9.17, 15) is 0 Å². The molecule has 0 N–H and O–H groups in total. The average molecular weight is 1020 g/mol. The summed E-state index contributed by atoms with van der Waals surface area (Å²) in [6.45, 7) is 0. The number of fused-ring (bicyclic) bond motifs is 6. The lowest BCUT2D eigenvalue weighted by molar-refractivity contribution is 0.767. The second-order valence-electron chi connectivity index (χ2n) is 21.4. The van der Waals surface area contributed by atoms with Gasteiger partial charge >= 0.3 is 0 Å². The maximum atomic E-state index is 2.55. The van der Waals surface area contributed by atoms with E-state index >= 15 is 0 Å². The van der Waals surface area contributed by atoms with Crippen molar-refractivity contribution in [1.29, 1.82) is 0 Å². The van der Waals surface area contributed by atoms with Gasteiger partial charge in [0.2, 0.25) is 0 Å². The van der Waals surface area contributed by atoms with Crippen molar-refractivity contribution < 1.29 is 0 Å². The van der Waals surface area contributed by atoms with Gasteiger partial charge in [-0.1, -0.05) is 255 Å². The maximum Gasteiger partial charge on any atom is 0.0714 e. The third-order valence-electron chi connectivity index (χ3n) is 17.5. The molecule has 2 aliphatic rings. The molecule has 0 amide bonds. The lowest BCUT2D eigenvalue weighted by Crippen LogP contribution is -2.29. The van der Waals surface area contributed by atoms with Crippen LogP contribution in [0.25, 0.3) is 54.6 Å². The number of para-hydroxylation sites is 2. The first-order valence-electron chi connectivity index (χ1n) is 27.8. The summed E-state index contributed by atoms with van der Waals surface area (Å²) in [5, 5.41) is 7.30. The molecule has 16 rings (SSSR count). The van der Waals surface area contributed by atoms with Crippen molar-refractivity contribution >= 4 is 66.4 Å². The topological polar surface area (TPSA) is 6.48 Å². The number of anilines is 6. The van der Waals surface area contributed by atoms with Crippen LogP contribution in [0.4, 0.5) is 34.1 Å². The van der Waals surface area contributed by atoms with Crippen LogP contribution in [0.3, 0.4) is 0 Å². The number of nitrogens with zero attached hydrogens (tertiary/aromatic N) is 2. The largest absolute Gasteiger partial charge is 0.310 e. The van der Waals surface area contributed by atoms with Gasteiger partial charge in [0.1, 0.15) is 0 Å². The highest BCUT2D eigenvalue weighted by Crippen LogP contribution is 2.59. The predicted octanol–water partition coefficient (Wildman–Crippen LogP) is 20.2. The summed E-state index contributed by atoms with van der Waals surface area (Å²) in [5.74, 6) is 0. The van der Waals surface area contributed by atoms with Gasteiger partial charge < -0.3 is 9.80 Å². The zero-order valence-electron chi connectivity index (χ0n) is 43.9. The number of hydrogen-bond acceptors (Lipinski definition) is 2. The molecule has 0 aromatic heterocycles. The monoisotopic (exact) mass is 1020 g/mol. The SMILES string of the molecule is c1ccc(N(c2ccccc2)c2ccc3ccc4c(N(c5cccc(C6(c7ccccc7)c7ccccc7-c7ccccc76)c5)c5cccc(C6(c7ccccc7)c7ccccc7-c7ccccc76)c5)ccc5ccc2c3c54)cc1. The Labute approximate surface area is 466 Å². The van der Waals surface area contributed by atoms with E-state index in [4.69, 9.17) is 0 Å². The molecule has 374 valence electrons. The Hall–Kier alpha value is -10.3. The van der Waals surface area contributed by atoms with Crippen molar-refractivity contribution in [1.82, 2.24) is 0 Å². The van der Waals surface area contributed by atoms with Crippen LogP contribution in [0.2, 0.25) is 0 Å². The molecule has 80 heavy (non-hydrogen) atoms. The molecule has 0 radical (unpaired) electrons. The average Bonchev–Trinajstić information content (AvgIpc) is 4.22. The molecule has 14 aromatic rings. The fraction of sp³-hybridized carbons (Fsp3) is 0.0256. The predicted molar refractivity (Wildman–Crippen MR) is 334 cm³/mol. The lowest BCUT2D eigenvalue weighted by atomic mass is 9.67. The molecule has 0 unspecified atom stereocenters. The van der Waals surface area contributed by atoms with Crippen molar-refractivity contribution in [2.75, 3.05) is 9.80 Å². The van der Waals surface area contributed by atoms with Gasteiger partial charge in [0.15, 0.2) is 0 Å². The molecule has 14 aromatic carbocycles. The molecule has 2 heteroatoms. The highest BCUT2D eigenvalue weighted by Gasteiger charge is 2.48.